The average Bonchev–Trinajstić information content (AvgIpc) is 2.78. The summed E-state index contributed by atoms with van der Waals surface area (Å²) in [6.45, 7) is 7.61. The van der Waals surface area contributed by atoms with Crippen molar-refractivity contribution in [3.63, 3.8) is 0 Å². The molecule has 3 heterocycles. The van der Waals surface area contributed by atoms with Gasteiger partial charge >= 0.3 is 0 Å². The second-order valence-corrected chi connectivity index (χ2v) is 11.8. The first-order valence-electron chi connectivity index (χ1n) is 11.7. The van der Waals surface area contributed by atoms with E-state index >= 15 is 0 Å². The number of carbonyl (C=O) groups is 2. The highest BCUT2D eigenvalue weighted by atomic mass is 32.2. The van der Waals surface area contributed by atoms with Crippen molar-refractivity contribution in [1.82, 2.24) is 10.3 Å². The lowest BCUT2D eigenvalue weighted by molar-refractivity contribution is -0.117. The Balaban J connectivity index is 1.66. The number of nitrogens with one attached hydrogen (secondary N) is 2. The molecule has 2 aliphatic heterocycles. The van der Waals surface area contributed by atoms with Gasteiger partial charge in [-0.3, -0.25) is 9.59 Å². The van der Waals surface area contributed by atoms with Crippen molar-refractivity contribution in [1.29, 1.82) is 0 Å². The highest BCUT2D eigenvalue weighted by Crippen LogP contribution is 2.42. The minimum Gasteiger partial charge on any atom is -0.363 e. The number of pyridine rings is 1. The summed E-state index contributed by atoms with van der Waals surface area (Å²) in [5.41, 5.74) is 3.03. The van der Waals surface area contributed by atoms with Gasteiger partial charge in [0.25, 0.3) is 5.91 Å². The molecule has 1 saturated heterocycles. The van der Waals surface area contributed by atoms with Gasteiger partial charge in [-0.1, -0.05) is 13.0 Å². The number of amides is 2. The molecule has 2 N–H and O–H groups in total. The summed E-state index contributed by atoms with van der Waals surface area (Å²) in [5, 5.41) is 6.52. The molecule has 2 aliphatic rings. The molecule has 9 heteroatoms. The van der Waals surface area contributed by atoms with Crippen LogP contribution in [0.25, 0.3) is 0 Å². The molecule has 182 valence electrons. The Hall–Kier alpha value is -2.94. The third kappa shape index (κ3) is 4.94. The lowest BCUT2D eigenvalue weighted by atomic mass is 9.82. The number of sulfone groups is 1. The van der Waals surface area contributed by atoms with Gasteiger partial charge < -0.3 is 15.5 Å². The molecule has 0 bridgehead atoms. The SMILES string of the molecule is CC(=O)N1c2ccc(C(=O)NC3CCS(=O)(=O)CC3)cc2C(Nc2cccc(C)n2)C(C)[C@@H]1C. The predicted molar refractivity (Wildman–Crippen MR) is 133 cm³/mol. The van der Waals surface area contributed by atoms with Crippen LogP contribution in [0.1, 0.15) is 61.3 Å². The molecule has 3 atom stereocenters. The fourth-order valence-electron chi connectivity index (χ4n) is 4.93. The maximum Gasteiger partial charge on any atom is 0.251 e. The minimum absolute atomic E-state index is 0.0452. The van der Waals surface area contributed by atoms with Gasteiger partial charge in [0.15, 0.2) is 0 Å². The highest BCUT2D eigenvalue weighted by molar-refractivity contribution is 7.91. The van der Waals surface area contributed by atoms with E-state index in [9.17, 15) is 18.0 Å². The number of aryl methyl sites for hydroxylation is 1. The normalized spacial score (nSPS) is 24.2. The Morgan fingerprint density at radius 2 is 1.79 bits per heavy atom. The van der Waals surface area contributed by atoms with E-state index in [-0.39, 0.29) is 47.4 Å². The molecule has 1 aromatic heterocycles. The zero-order chi connectivity index (χ0) is 24.6. The maximum atomic E-state index is 13.1. The number of rotatable bonds is 4. The highest BCUT2D eigenvalue weighted by Gasteiger charge is 2.38. The second kappa shape index (κ2) is 9.37. The van der Waals surface area contributed by atoms with Gasteiger partial charge in [0, 0.05) is 41.9 Å². The van der Waals surface area contributed by atoms with Crippen LogP contribution in [0.4, 0.5) is 11.5 Å². The summed E-state index contributed by atoms with van der Waals surface area (Å²) in [7, 11) is -3.00. The van der Waals surface area contributed by atoms with E-state index in [1.807, 2.05) is 44.2 Å². The van der Waals surface area contributed by atoms with Gasteiger partial charge in [-0.15, -0.1) is 0 Å². The molecular weight excluding hydrogens is 452 g/mol. The maximum absolute atomic E-state index is 13.1. The summed E-state index contributed by atoms with van der Waals surface area (Å²) in [6.07, 6.45) is 0.851. The number of carbonyl (C=O) groups excluding carboxylic acids is 2. The Bertz CT molecular complexity index is 1200. The van der Waals surface area contributed by atoms with Gasteiger partial charge in [-0.25, -0.2) is 13.4 Å². The van der Waals surface area contributed by atoms with E-state index in [1.165, 1.54) is 0 Å². The fraction of sp³-hybridized carbons (Fsp3) is 0.480. The summed E-state index contributed by atoms with van der Waals surface area (Å²) < 4.78 is 23.4. The fourth-order valence-corrected chi connectivity index (χ4v) is 6.42. The zero-order valence-electron chi connectivity index (χ0n) is 20.0. The number of nitrogens with zero attached hydrogens (tertiary/aromatic N) is 2. The van der Waals surface area contributed by atoms with E-state index in [4.69, 9.17) is 0 Å². The Morgan fingerprint density at radius 3 is 2.44 bits per heavy atom. The lowest BCUT2D eigenvalue weighted by Gasteiger charge is -2.44. The van der Waals surface area contributed by atoms with E-state index in [1.54, 1.807) is 17.9 Å². The number of fused-ring (bicyclic) bond motifs is 1. The average molecular weight is 485 g/mol. The molecule has 0 aliphatic carbocycles. The van der Waals surface area contributed by atoms with Crippen molar-refractivity contribution in [2.75, 3.05) is 21.7 Å². The topological polar surface area (TPSA) is 108 Å². The van der Waals surface area contributed by atoms with Gasteiger partial charge in [-0.05, 0) is 62.6 Å². The molecule has 4 rings (SSSR count). The molecule has 2 aromatic rings. The van der Waals surface area contributed by atoms with Gasteiger partial charge in [-0.2, -0.15) is 0 Å². The molecule has 2 amide bonds. The van der Waals surface area contributed by atoms with E-state index in [0.29, 0.717) is 18.4 Å². The van der Waals surface area contributed by atoms with E-state index < -0.39 is 9.84 Å². The Labute approximate surface area is 201 Å². The standard InChI is InChI=1S/C25H32N4O4S/c1-15-6-5-7-23(26-15)28-24-16(2)17(3)29(18(4)30)22-9-8-19(14-21(22)24)25(31)27-20-10-12-34(32,33)13-11-20/h5-9,14,16-17,20,24H,10-13H2,1-4H3,(H,26,28)(H,27,31)/t16?,17-,24?/m0/s1. The monoisotopic (exact) mass is 484 g/mol. The summed E-state index contributed by atoms with van der Waals surface area (Å²) in [5.74, 6) is 0.708. The van der Waals surface area contributed by atoms with E-state index in [2.05, 4.69) is 22.5 Å². The Kier molecular flexibility index (Phi) is 6.66. The molecule has 1 aromatic carbocycles. The largest absolute Gasteiger partial charge is 0.363 e. The molecule has 34 heavy (non-hydrogen) atoms. The third-order valence-corrected chi connectivity index (χ3v) is 8.71. The molecule has 0 spiro atoms. The number of aromatic nitrogens is 1. The third-order valence-electron chi connectivity index (χ3n) is 7.00. The van der Waals surface area contributed by atoms with Crippen LogP contribution < -0.4 is 15.5 Å². The number of anilines is 2. The van der Waals surface area contributed by atoms with Crippen molar-refractivity contribution in [2.24, 2.45) is 5.92 Å². The Morgan fingerprint density at radius 1 is 1.09 bits per heavy atom. The van der Waals surface area contributed by atoms with Crippen molar-refractivity contribution >= 4 is 33.2 Å². The van der Waals surface area contributed by atoms with Crippen LogP contribution in [0.3, 0.4) is 0 Å². The zero-order valence-corrected chi connectivity index (χ0v) is 20.9. The molecule has 8 nitrogen and oxygen atoms in total. The van der Waals surface area contributed by atoms with Crippen LogP contribution in [0.5, 0.6) is 0 Å². The summed E-state index contributed by atoms with van der Waals surface area (Å²) in [6, 6.07) is 10.8. The van der Waals surface area contributed by atoms with Crippen LogP contribution in [0, 0.1) is 12.8 Å². The summed E-state index contributed by atoms with van der Waals surface area (Å²) in [4.78, 5) is 32.0. The quantitative estimate of drug-likeness (QED) is 0.690. The van der Waals surface area contributed by atoms with Crippen LogP contribution in [-0.4, -0.2) is 48.8 Å². The first kappa shape index (κ1) is 24.2. The first-order chi connectivity index (χ1) is 16.1. The van der Waals surface area contributed by atoms with Crippen LogP contribution in [0.2, 0.25) is 0 Å². The van der Waals surface area contributed by atoms with Crippen LogP contribution >= 0.6 is 0 Å². The van der Waals surface area contributed by atoms with E-state index in [0.717, 1.165) is 22.8 Å². The van der Waals surface area contributed by atoms with Gasteiger partial charge in [0.05, 0.1) is 17.5 Å². The number of hydrogen-bond acceptors (Lipinski definition) is 6. The molecule has 0 saturated carbocycles. The predicted octanol–water partition coefficient (Wildman–Crippen LogP) is 3.24. The smallest absolute Gasteiger partial charge is 0.251 e. The first-order valence-corrected chi connectivity index (χ1v) is 13.5. The molecule has 2 unspecified atom stereocenters. The van der Waals surface area contributed by atoms with Gasteiger partial charge in [0.1, 0.15) is 15.7 Å². The minimum atomic E-state index is -3.00. The van der Waals surface area contributed by atoms with Crippen LogP contribution in [-0.2, 0) is 14.6 Å². The molecular formula is C25H32N4O4S. The van der Waals surface area contributed by atoms with Crippen molar-refractivity contribution in [3.05, 3.63) is 53.2 Å². The van der Waals surface area contributed by atoms with Crippen molar-refractivity contribution in [3.8, 4) is 0 Å². The second-order valence-electron chi connectivity index (χ2n) is 9.45. The van der Waals surface area contributed by atoms with Crippen LogP contribution in [0.15, 0.2) is 36.4 Å². The molecule has 0 radical (unpaired) electrons. The van der Waals surface area contributed by atoms with Crippen molar-refractivity contribution in [2.45, 2.75) is 58.7 Å². The lowest BCUT2D eigenvalue weighted by Crippen LogP contribution is -2.48. The molecule has 1 fully saturated rings. The number of benzene rings is 1. The van der Waals surface area contributed by atoms with Crippen molar-refractivity contribution < 1.29 is 18.0 Å². The summed E-state index contributed by atoms with van der Waals surface area (Å²) >= 11 is 0. The number of hydrogen-bond donors (Lipinski definition) is 2. The van der Waals surface area contributed by atoms with Gasteiger partial charge in [0.2, 0.25) is 5.91 Å².